The molecule has 0 heterocycles. The van der Waals surface area contributed by atoms with E-state index in [-0.39, 0.29) is 23.1 Å². The molecule has 0 saturated heterocycles. The van der Waals surface area contributed by atoms with Crippen LogP contribution in [-0.2, 0) is 24.9 Å². The maximum Gasteiger partial charge on any atom is 0.155 e. The fraction of sp³-hybridized carbons (Fsp3) is 0.412. The van der Waals surface area contributed by atoms with E-state index in [4.69, 9.17) is 11.6 Å². The zero-order valence-electron chi connectivity index (χ0n) is 13.7. The van der Waals surface area contributed by atoms with Crippen LogP contribution in [0.4, 0.5) is 0 Å². The normalized spacial score (nSPS) is 10.0. The second-order valence-corrected chi connectivity index (χ2v) is 6.51. The van der Waals surface area contributed by atoms with Gasteiger partial charge >= 0.3 is 0 Å². The number of halogens is 1. The molecule has 0 aliphatic carbocycles. The molecule has 0 amide bonds. The molecule has 4 nitrogen and oxygen atoms in total. The highest BCUT2D eigenvalue weighted by Crippen LogP contribution is 2.19. The van der Waals surface area contributed by atoms with Crippen molar-refractivity contribution in [3.8, 4) is 0 Å². The molecule has 1 aromatic rings. The molecule has 126 valence electrons. The number of thioether (sulfide) groups is 1. The first-order valence-electron chi connectivity index (χ1n) is 6.98. The maximum absolute atomic E-state index is 11.2. The standard InChI is InChI=1S/C12H14O2S.C5H7ClO2/c1-9(13)12(10(2)14)15-8-11-6-4-3-5-7-11;1-3(7)5(6)4(2)8/h3-7,12H,8H2,1-2H3;5H,1-2H3. The fourth-order valence-corrected chi connectivity index (χ4v) is 2.58. The van der Waals surface area contributed by atoms with Gasteiger partial charge in [-0.25, -0.2) is 0 Å². The van der Waals surface area contributed by atoms with Gasteiger partial charge in [0.25, 0.3) is 0 Å². The zero-order chi connectivity index (χ0) is 18.0. The molecule has 23 heavy (non-hydrogen) atoms. The van der Waals surface area contributed by atoms with Crippen LogP contribution in [0.2, 0.25) is 0 Å². The Morgan fingerprint density at radius 3 is 1.61 bits per heavy atom. The lowest BCUT2D eigenvalue weighted by molar-refractivity contribution is -0.125. The summed E-state index contributed by atoms with van der Waals surface area (Å²) in [5.74, 6) is -0.0183. The lowest BCUT2D eigenvalue weighted by Gasteiger charge is -2.09. The quantitative estimate of drug-likeness (QED) is 0.554. The van der Waals surface area contributed by atoms with E-state index in [0.717, 1.165) is 5.56 Å². The summed E-state index contributed by atoms with van der Waals surface area (Å²) in [6.07, 6.45) is 0. The summed E-state index contributed by atoms with van der Waals surface area (Å²) in [4.78, 5) is 42.8. The predicted octanol–water partition coefficient (Wildman–Crippen LogP) is 3.24. The van der Waals surface area contributed by atoms with Crippen LogP contribution in [-0.4, -0.2) is 33.8 Å². The van der Waals surface area contributed by atoms with Crippen LogP contribution >= 0.6 is 23.4 Å². The molecule has 0 unspecified atom stereocenters. The van der Waals surface area contributed by atoms with Crippen molar-refractivity contribution in [3.05, 3.63) is 35.9 Å². The average molecular weight is 357 g/mol. The number of rotatable bonds is 7. The van der Waals surface area contributed by atoms with Crippen molar-refractivity contribution in [1.82, 2.24) is 0 Å². The minimum Gasteiger partial charge on any atom is -0.298 e. The molecule has 0 aromatic heterocycles. The minimum atomic E-state index is -0.935. The highest BCUT2D eigenvalue weighted by atomic mass is 35.5. The van der Waals surface area contributed by atoms with Crippen molar-refractivity contribution in [3.63, 3.8) is 0 Å². The van der Waals surface area contributed by atoms with Crippen LogP contribution in [0.1, 0.15) is 33.3 Å². The van der Waals surface area contributed by atoms with Crippen LogP contribution in [0.25, 0.3) is 0 Å². The summed E-state index contributed by atoms with van der Waals surface area (Å²) in [5, 5.41) is -1.44. The van der Waals surface area contributed by atoms with Gasteiger partial charge in [0.1, 0.15) is 22.2 Å². The number of hydrogen-bond acceptors (Lipinski definition) is 5. The molecule has 6 heteroatoms. The van der Waals surface area contributed by atoms with Gasteiger partial charge in [-0.15, -0.1) is 23.4 Å². The van der Waals surface area contributed by atoms with Crippen LogP contribution in [0.15, 0.2) is 30.3 Å². The fourth-order valence-electron chi connectivity index (χ4n) is 1.56. The number of benzene rings is 1. The summed E-state index contributed by atoms with van der Waals surface area (Å²) in [7, 11) is 0. The van der Waals surface area contributed by atoms with E-state index in [1.165, 1.54) is 39.5 Å². The Labute approximate surface area is 146 Å². The molecule has 0 radical (unpaired) electrons. The van der Waals surface area contributed by atoms with Crippen molar-refractivity contribution in [1.29, 1.82) is 0 Å². The largest absolute Gasteiger partial charge is 0.298 e. The van der Waals surface area contributed by atoms with E-state index >= 15 is 0 Å². The lowest BCUT2D eigenvalue weighted by Crippen LogP contribution is -2.22. The Hall–Kier alpha value is -1.46. The molecule has 0 spiro atoms. The molecule has 0 N–H and O–H groups in total. The van der Waals surface area contributed by atoms with Crippen LogP contribution in [0.5, 0.6) is 0 Å². The Morgan fingerprint density at radius 2 is 1.30 bits per heavy atom. The second-order valence-electron chi connectivity index (χ2n) is 4.98. The number of carbonyl (C=O) groups excluding carboxylic acids is 4. The van der Waals surface area contributed by atoms with Gasteiger partial charge in [0.05, 0.1) is 0 Å². The Bertz CT molecular complexity index is 529. The Balaban J connectivity index is 0.000000515. The molecule has 0 atom stereocenters. The van der Waals surface area contributed by atoms with Crippen LogP contribution in [0, 0.1) is 0 Å². The minimum absolute atomic E-state index is 0.0663. The van der Waals surface area contributed by atoms with Crippen LogP contribution in [0.3, 0.4) is 0 Å². The van der Waals surface area contributed by atoms with Gasteiger partial charge in [0.15, 0.2) is 11.6 Å². The summed E-state index contributed by atoms with van der Waals surface area (Å²) < 4.78 is 0. The second kappa shape index (κ2) is 11.1. The molecule has 0 bridgehead atoms. The van der Waals surface area contributed by atoms with E-state index in [1.54, 1.807) is 0 Å². The molecular formula is C17H21ClO4S. The van der Waals surface area contributed by atoms with Crippen molar-refractivity contribution >= 4 is 46.5 Å². The van der Waals surface area contributed by atoms with Crippen molar-refractivity contribution < 1.29 is 19.2 Å². The molecule has 0 aliphatic heterocycles. The SMILES string of the molecule is CC(=O)C(Cl)C(C)=O.CC(=O)C(SCc1ccccc1)C(C)=O. The summed E-state index contributed by atoms with van der Waals surface area (Å²) in [6, 6.07) is 9.83. The molecule has 1 rings (SSSR count). The highest BCUT2D eigenvalue weighted by Gasteiger charge is 2.19. The number of alkyl halides is 1. The third-order valence-corrected chi connectivity index (χ3v) is 4.82. The summed E-state index contributed by atoms with van der Waals surface area (Å²) >= 11 is 6.64. The van der Waals surface area contributed by atoms with E-state index in [0.29, 0.717) is 5.75 Å². The van der Waals surface area contributed by atoms with E-state index in [2.05, 4.69) is 0 Å². The predicted molar refractivity (Wildman–Crippen MR) is 93.9 cm³/mol. The number of Topliss-reactive ketones (excluding diaryl/α,β-unsaturated/α-hetero) is 4. The number of ketones is 4. The van der Waals surface area contributed by atoms with Gasteiger partial charge in [0.2, 0.25) is 0 Å². The summed E-state index contributed by atoms with van der Waals surface area (Å²) in [6.45, 7) is 5.51. The number of hydrogen-bond donors (Lipinski definition) is 0. The highest BCUT2D eigenvalue weighted by molar-refractivity contribution is 8.00. The van der Waals surface area contributed by atoms with Gasteiger partial charge in [-0.3, -0.25) is 19.2 Å². The molecule has 0 aliphatic rings. The molecular weight excluding hydrogens is 336 g/mol. The molecule has 0 saturated carbocycles. The van der Waals surface area contributed by atoms with Crippen LogP contribution < -0.4 is 0 Å². The molecule has 0 fully saturated rings. The first kappa shape index (κ1) is 21.5. The first-order valence-corrected chi connectivity index (χ1v) is 8.46. The zero-order valence-corrected chi connectivity index (χ0v) is 15.2. The average Bonchev–Trinajstić information content (AvgIpc) is 2.47. The summed E-state index contributed by atoms with van der Waals surface area (Å²) in [5.41, 5.74) is 1.13. The topological polar surface area (TPSA) is 68.3 Å². The van der Waals surface area contributed by atoms with Gasteiger partial charge in [-0.2, -0.15) is 0 Å². The maximum atomic E-state index is 11.2. The molecule has 1 aromatic carbocycles. The third kappa shape index (κ3) is 9.31. The first-order chi connectivity index (χ1) is 10.7. The van der Waals surface area contributed by atoms with Crippen molar-refractivity contribution in [2.45, 2.75) is 44.1 Å². The van der Waals surface area contributed by atoms with E-state index in [1.807, 2.05) is 30.3 Å². The van der Waals surface area contributed by atoms with Crippen molar-refractivity contribution in [2.24, 2.45) is 0 Å². The monoisotopic (exact) mass is 356 g/mol. The number of carbonyl (C=O) groups is 4. The Morgan fingerprint density at radius 1 is 0.870 bits per heavy atom. The van der Waals surface area contributed by atoms with E-state index < -0.39 is 10.6 Å². The van der Waals surface area contributed by atoms with Gasteiger partial charge in [0, 0.05) is 5.75 Å². The van der Waals surface area contributed by atoms with E-state index in [9.17, 15) is 19.2 Å². The third-order valence-electron chi connectivity index (χ3n) is 2.71. The smallest absolute Gasteiger partial charge is 0.155 e. The van der Waals surface area contributed by atoms with Gasteiger partial charge in [-0.1, -0.05) is 30.3 Å². The Kier molecular flexibility index (Phi) is 10.4. The van der Waals surface area contributed by atoms with Crippen molar-refractivity contribution in [2.75, 3.05) is 0 Å². The van der Waals surface area contributed by atoms with Gasteiger partial charge in [-0.05, 0) is 33.3 Å². The lowest BCUT2D eigenvalue weighted by atomic mass is 10.2. The van der Waals surface area contributed by atoms with Gasteiger partial charge < -0.3 is 0 Å².